The molecule has 0 spiro atoms. The number of nitrogens with two attached hydrogens (primary N) is 1. The van der Waals surface area contributed by atoms with Crippen molar-refractivity contribution in [2.45, 2.75) is 19.4 Å². The van der Waals surface area contributed by atoms with Crippen molar-refractivity contribution in [2.75, 3.05) is 26.2 Å². The third kappa shape index (κ3) is 4.17. The summed E-state index contributed by atoms with van der Waals surface area (Å²) in [6.45, 7) is 4.65. The Kier molecular flexibility index (Phi) is 5.24. The zero-order valence-corrected chi connectivity index (χ0v) is 10.8. The first-order valence-corrected chi connectivity index (χ1v) is 6.67. The van der Waals surface area contributed by atoms with Gasteiger partial charge in [-0.1, -0.05) is 24.3 Å². The van der Waals surface area contributed by atoms with E-state index in [-0.39, 0.29) is 0 Å². The summed E-state index contributed by atoms with van der Waals surface area (Å²) in [5, 5.41) is 0. The van der Waals surface area contributed by atoms with Crippen LogP contribution in [0.3, 0.4) is 0 Å². The van der Waals surface area contributed by atoms with Crippen molar-refractivity contribution in [3.05, 3.63) is 42.0 Å². The molecule has 18 heavy (non-hydrogen) atoms. The number of hydrogen-bond donors (Lipinski definition) is 1. The molecule has 2 rings (SSSR count). The molecule has 3 heteroatoms. The molecule has 1 aliphatic heterocycles. The Morgan fingerprint density at radius 2 is 2.06 bits per heavy atom. The van der Waals surface area contributed by atoms with E-state index in [1.54, 1.807) is 0 Å². The van der Waals surface area contributed by atoms with Gasteiger partial charge in [0.1, 0.15) is 12.4 Å². The van der Waals surface area contributed by atoms with Crippen molar-refractivity contribution in [1.82, 2.24) is 4.90 Å². The zero-order valence-electron chi connectivity index (χ0n) is 10.8. The van der Waals surface area contributed by atoms with Gasteiger partial charge in [0.2, 0.25) is 0 Å². The molecule has 0 aromatic heterocycles. The first kappa shape index (κ1) is 13.1. The molecule has 0 saturated carbocycles. The van der Waals surface area contributed by atoms with Gasteiger partial charge in [0.15, 0.2) is 0 Å². The summed E-state index contributed by atoms with van der Waals surface area (Å²) in [5.74, 6) is 0.938. The maximum absolute atomic E-state index is 5.65. The monoisotopic (exact) mass is 246 g/mol. The molecular formula is C15H22N2O. The van der Waals surface area contributed by atoms with Crippen LogP contribution in [0.15, 0.2) is 36.4 Å². The number of nitrogens with zero attached hydrogens (tertiary/aromatic N) is 1. The van der Waals surface area contributed by atoms with Gasteiger partial charge in [-0.05, 0) is 43.6 Å². The molecule has 0 radical (unpaired) electrons. The van der Waals surface area contributed by atoms with Crippen LogP contribution in [0.4, 0.5) is 0 Å². The van der Waals surface area contributed by atoms with Crippen LogP contribution in [0.5, 0.6) is 5.75 Å². The van der Waals surface area contributed by atoms with Gasteiger partial charge in [-0.3, -0.25) is 4.90 Å². The van der Waals surface area contributed by atoms with Crippen molar-refractivity contribution in [1.29, 1.82) is 0 Å². The van der Waals surface area contributed by atoms with E-state index in [0.717, 1.165) is 12.3 Å². The van der Waals surface area contributed by atoms with Crippen LogP contribution in [0.1, 0.15) is 18.4 Å². The molecule has 2 N–H and O–H groups in total. The highest BCUT2D eigenvalue weighted by atomic mass is 16.5. The van der Waals surface area contributed by atoms with Crippen LogP contribution in [0.2, 0.25) is 0 Å². The lowest BCUT2D eigenvalue weighted by Crippen LogP contribution is -2.18. The van der Waals surface area contributed by atoms with Crippen LogP contribution in [0.25, 0.3) is 0 Å². The highest BCUT2D eigenvalue weighted by Crippen LogP contribution is 2.17. The smallest absolute Gasteiger partial charge is 0.120 e. The lowest BCUT2D eigenvalue weighted by molar-refractivity contribution is 0.328. The summed E-state index contributed by atoms with van der Waals surface area (Å²) in [5.41, 5.74) is 6.71. The Balaban J connectivity index is 1.86. The Labute approximate surface area is 109 Å². The number of ether oxygens (including phenoxy) is 1. The molecule has 1 fully saturated rings. The third-order valence-corrected chi connectivity index (χ3v) is 3.15. The molecule has 1 saturated heterocycles. The molecule has 1 heterocycles. The first-order valence-electron chi connectivity index (χ1n) is 6.67. The topological polar surface area (TPSA) is 38.5 Å². The number of hydrogen-bond acceptors (Lipinski definition) is 3. The van der Waals surface area contributed by atoms with Crippen LogP contribution >= 0.6 is 0 Å². The normalized spacial score (nSPS) is 16.5. The van der Waals surface area contributed by atoms with Crippen LogP contribution in [-0.4, -0.2) is 31.1 Å². The van der Waals surface area contributed by atoms with Gasteiger partial charge >= 0.3 is 0 Å². The number of likely N-dealkylation sites (tertiary alicyclic amines) is 1. The second-order valence-electron chi connectivity index (χ2n) is 4.65. The molecule has 0 atom stereocenters. The van der Waals surface area contributed by atoms with Crippen LogP contribution in [0, 0.1) is 0 Å². The van der Waals surface area contributed by atoms with Gasteiger partial charge < -0.3 is 10.5 Å². The van der Waals surface area contributed by atoms with Gasteiger partial charge in [-0.25, -0.2) is 0 Å². The summed E-state index contributed by atoms with van der Waals surface area (Å²) in [6.07, 6.45) is 6.53. The summed E-state index contributed by atoms with van der Waals surface area (Å²) < 4.78 is 5.65. The van der Waals surface area contributed by atoms with Gasteiger partial charge in [-0.15, -0.1) is 0 Å². The lowest BCUT2D eigenvalue weighted by Gasteiger charge is -2.15. The Morgan fingerprint density at radius 1 is 1.22 bits per heavy atom. The molecule has 3 nitrogen and oxygen atoms in total. The van der Waals surface area contributed by atoms with Crippen molar-refractivity contribution in [2.24, 2.45) is 5.73 Å². The van der Waals surface area contributed by atoms with Crippen LogP contribution < -0.4 is 10.5 Å². The fourth-order valence-electron chi connectivity index (χ4n) is 2.24. The maximum Gasteiger partial charge on any atom is 0.120 e. The lowest BCUT2D eigenvalue weighted by atomic mass is 10.2. The Morgan fingerprint density at radius 3 is 2.83 bits per heavy atom. The molecule has 98 valence electrons. The van der Waals surface area contributed by atoms with E-state index in [0.29, 0.717) is 13.2 Å². The van der Waals surface area contributed by atoms with E-state index >= 15 is 0 Å². The SMILES string of the molecule is NCC=CCOc1cccc(CN2CCCC2)c1. The summed E-state index contributed by atoms with van der Waals surface area (Å²) in [6, 6.07) is 8.37. The fraction of sp³-hybridized carbons (Fsp3) is 0.467. The summed E-state index contributed by atoms with van der Waals surface area (Å²) in [4.78, 5) is 2.49. The van der Waals surface area contributed by atoms with Crippen molar-refractivity contribution in [3.63, 3.8) is 0 Å². The van der Waals surface area contributed by atoms with Gasteiger partial charge in [0, 0.05) is 13.1 Å². The number of rotatable bonds is 6. The van der Waals surface area contributed by atoms with E-state index in [4.69, 9.17) is 10.5 Å². The number of benzene rings is 1. The predicted octanol–water partition coefficient (Wildman–Crippen LogP) is 2.18. The molecule has 1 aliphatic rings. The highest BCUT2D eigenvalue weighted by molar-refractivity contribution is 5.28. The molecule has 0 aliphatic carbocycles. The Hall–Kier alpha value is -1.32. The summed E-state index contributed by atoms with van der Waals surface area (Å²) in [7, 11) is 0. The molecule has 0 unspecified atom stereocenters. The average molecular weight is 246 g/mol. The van der Waals surface area contributed by atoms with E-state index in [2.05, 4.69) is 23.1 Å². The standard InChI is InChI=1S/C15H22N2O/c16-8-1-4-11-18-15-7-5-6-14(12-15)13-17-9-2-3-10-17/h1,4-7,12H,2-3,8-11,13,16H2. The highest BCUT2D eigenvalue weighted by Gasteiger charge is 2.11. The predicted molar refractivity (Wildman–Crippen MR) is 74.6 cm³/mol. The second kappa shape index (κ2) is 7.19. The van der Waals surface area contributed by atoms with E-state index < -0.39 is 0 Å². The van der Waals surface area contributed by atoms with Crippen molar-refractivity contribution >= 4 is 0 Å². The molecule has 0 amide bonds. The minimum atomic E-state index is 0.568. The quantitative estimate of drug-likeness (QED) is 0.782. The fourth-order valence-corrected chi connectivity index (χ4v) is 2.24. The Bertz CT molecular complexity index is 384. The molecular weight excluding hydrogens is 224 g/mol. The maximum atomic E-state index is 5.65. The minimum Gasteiger partial charge on any atom is -0.490 e. The van der Waals surface area contributed by atoms with Crippen LogP contribution in [-0.2, 0) is 6.54 Å². The van der Waals surface area contributed by atoms with Gasteiger partial charge in [0.05, 0.1) is 0 Å². The molecule has 0 bridgehead atoms. The van der Waals surface area contributed by atoms with Crippen molar-refractivity contribution in [3.8, 4) is 5.75 Å². The molecule has 1 aromatic carbocycles. The van der Waals surface area contributed by atoms with E-state index in [9.17, 15) is 0 Å². The first-order chi connectivity index (χ1) is 8.88. The van der Waals surface area contributed by atoms with Crippen molar-refractivity contribution < 1.29 is 4.74 Å². The average Bonchev–Trinajstić information content (AvgIpc) is 2.88. The molecule has 1 aromatic rings. The minimum absolute atomic E-state index is 0.568. The zero-order chi connectivity index (χ0) is 12.6. The second-order valence-corrected chi connectivity index (χ2v) is 4.65. The largest absolute Gasteiger partial charge is 0.490 e. The van der Waals surface area contributed by atoms with E-state index in [1.807, 2.05) is 18.2 Å². The van der Waals surface area contributed by atoms with E-state index in [1.165, 1.54) is 31.5 Å². The summed E-state index contributed by atoms with van der Waals surface area (Å²) >= 11 is 0. The van der Waals surface area contributed by atoms with Gasteiger partial charge in [-0.2, -0.15) is 0 Å². The van der Waals surface area contributed by atoms with Gasteiger partial charge in [0.25, 0.3) is 0 Å². The third-order valence-electron chi connectivity index (χ3n) is 3.15.